The number of anilines is 1. The maximum atomic E-state index is 11.7. The van der Waals surface area contributed by atoms with E-state index in [2.05, 4.69) is 10.6 Å². The number of rotatable bonds is 4. The van der Waals surface area contributed by atoms with Crippen molar-refractivity contribution in [1.29, 1.82) is 0 Å². The fourth-order valence-corrected chi connectivity index (χ4v) is 1.68. The summed E-state index contributed by atoms with van der Waals surface area (Å²) in [5.74, 6) is -1.43. The first-order valence-electron chi connectivity index (χ1n) is 5.81. The van der Waals surface area contributed by atoms with Gasteiger partial charge in [0, 0.05) is 23.9 Å². The molecular weight excluding hydrogens is 268 g/mol. The number of nitrogens with one attached hydrogen (secondary N) is 2. The van der Waals surface area contributed by atoms with E-state index in [4.69, 9.17) is 16.3 Å². The molecule has 0 bridgehead atoms. The van der Waals surface area contributed by atoms with Crippen LogP contribution in [-0.2, 0) is 14.3 Å². The zero-order valence-corrected chi connectivity index (χ0v) is 11.9. The standard InChI is InChI=1S/C13H17ClN2O3/c1-8(7-19-3)15-12(17)13(18)16-11-6-4-5-10(14)9(11)2/h4-6,8H,7H2,1-3H3,(H,15,17)(H,16,18)/t8-/m0/s1. The normalized spacial score (nSPS) is 11.8. The van der Waals surface area contributed by atoms with E-state index in [1.165, 1.54) is 7.11 Å². The molecule has 0 saturated heterocycles. The molecule has 0 aliphatic carbocycles. The molecule has 5 nitrogen and oxygen atoms in total. The van der Waals surface area contributed by atoms with E-state index in [9.17, 15) is 9.59 Å². The molecule has 0 aromatic heterocycles. The van der Waals surface area contributed by atoms with Gasteiger partial charge in [0.25, 0.3) is 0 Å². The minimum absolute atomic E-state index is 0.233. The van der Waals surface area contributed by atoms with Gasteiger partial charge >= 0.3 is 11.8 Å². The van der Waals surface area contributed by atoms with Crippen molar-refractivity contribution in [1.82, 2.24) is 5.32 Å². The lowest BCUT2D eigenvalue weighted by Crippen LogP contribution is -2.42. The molecule has 0 spiro atoms. The van der Waals surface area contributed by atoms with Crippen LogP contribution in [0.1, 0.15) is 12.5 Å². The summed E-state index contributed by atoms with van der Waals surface area (Å²) in [7, 11) is 1.53. The highest BCUT2D eigenvalue weighted by Gasteiger charge is 2.17. The maximum absolute atomic E-state index is 11.7. The van der Waals surface area contributed by atoms with Crippen molar-refractivity contribution < 1.29 is 14.3 Å². The van der Waals surface area contributed by atoms with E-state index in [1.54, 1.807) is 32.0 Å². The molecule has 0 aliphatic rings. The summed E-state index contributed by atoms with van der Waals surface area (Å²) in [6.45, 7) is 3.86. The molecule has 0 fully saturated rings. The van der Waals surface area contributed by atoms with Gasteiger partial charge in [-0.1, -0.05) is 17.7 Å². The third kappa shape index (κ3) is 4.54. The third-order valence-corrected chi connectivity index (χ3v) is 2.93. The number of carbonyl (C=O) groups is 2. The van der Waals surface area contributed by atoms with Gasteiger partial charge in [0.1, 0.15) is 0 Å². The van der Waals surface area contributed by atoms with Gasteiger partial charge in [-0.25, -0.2) is 0 Å². The monoisotopic (exact) mass is 284 g/mol. The number of carbonyl (C=O) groups excluding carboxylic acids is 2. The Labute approximate surface area is 117 Å². The number of methoxy groups -OCH3 is 1. The van der Waals surface area contributed by atoms with E-state index in [1.807, 2.05) is 0 Å². The predicted octanol–water partition coefficient (Wildman–Crippen LogP) is 1.74. The minimum atomic E-state index is -0.728. The fourth-order valence-electron chi connectivity index (χ4n) is 1.50. The number of ether oxygens (including phenoxy) is 1. The minimum Gasteiger partial charge on any atom is -0.383 e. The van der Waals surface area contributed by atoms with Crippen LogP contribution in [0.5, 0.6) is 0 Å². The van der Waals surface area contributed by atoms with Crippen LogP contribution in [0.2, 0.25) is 5.02 Å². The first-order valence-corrected chi connectivity index (χ1v) is 6.19. The highest BCUT2D eigenvalue weighted by Crippen LogP contribution is 2.22. The van der Waals surface area contributed by atoms with E-state index < -0.39 is 11.8 Å². The second-order valence-electron chi connectivity index (χ2n) is 4.20. The van der Waals surface area contributed by atoms with Gasteiger partial charge in [-0.05, 0) is 31.5 Å². The van der Waals surface area contributed by atoms with Crippen LogP contribution < -0.4 is 10.6 Å². The van der Waals surface area contributed by atoms with Crippen LogP contribution in [-0.4, -0.2) is 31.6 Å². The van der Waals surface area contributed by atoms with Crippen LogP contribution in [0, 0.1) is 6.92 Å². The van der Waals surface area contributed by atoms with Crippen molar-refractivity contribution in [2.75, 3.05) is 19.0 Å². The molecular formula is C13H17ClN2O3. The Bertz CT molecular complexity index is 477. The van der Waals surface area contributed by atoms with Gasteiger partial charge in [-0.3, -0.25) is 9.59 Å². The molecule has 0 saturated carbocycles. The summed E-state index contributed by atoms with van der Waals surface area (Å²) in [6, 6.07) is 4.87. The first-order chi connectivity index (χ1) is 8.95. The Balaban J connectivity index is 2.64. The lowest BCUT2D eigenvalue weighted by atomic mass is 10.2. The molecule has 0 unspecified atom stereocenters. The second kappa shape index (κ2) is 7.11. The SMILES string of the molecule is COC[C@H](C)NC(=O)C(=O)Nc1cccc(Cl)c1C. The summed E-state index contributed by atoms with van der Waals surface area (Å²) >= 11 is 5.93. The number of hydrogen-bond acceptors (Lipinski definition) is 3. The highest BCUT2D eigenvalue weighted by atomic mass is 35.5. The average molecular weight is 285 g/mol. The van der Waals surface area contributed by atoms with E-state index in [-0.39, 0.29) is 6.04 Å². The molecule has 104 valence electrons. The topological polar surface area (TPSA) is 67.4 Å². The van der Waals surface area contributed by atoms with Crippen LogP contribution in [0.15, 0.2) is 18.2 Å². The Morgan fingerprint density at radius 3 is 2.68 bits per heavy atom. The molecule has 1 rings (SSSR count). The largest absolute Gasteiger partial charge is 0.383 e. The third-order valence-electron chi connectivity index (χ3n) is 2.52. The van der Waals surface area contributed by atoms with Crippen molar-refractivity contribution in [3.8, 4) is 0 Å². The Morgan fingerprint density at radius 2 is 2.05 bits per heavy atom. The zero-order chi connectivity index (χ0) is 14.4. The fraction of sp³-hybridized carbons (Fsp3) is 0.385. The highest BCUT2D eigenvalue weighted by molar-refractivity contribution is 6.40. The van der Waals surface area contributed by atoms with Gasteiger partial charge < -0.3 is 15.4 Å². The quantitative estimate of drug-likeness (QED) is 0.828. The summed E-state index contributed by atoms with van der Waals surface area (Å²) in [5.41, 5.74) is 1.24. The first kappa shape index (κ1) is 15.5. The molecule has 0 aliphatic heterocycles. The molecule has 0 heterocycles. The van der Waals surface area contributed by atoms with E-state index in [0.29, 0.717) is 17.3 Å². The summed E-state index contributed by atoms with van der Waals surface area (Å²) in [5, 5.41) is 5.58. The van der Waals surface area contributed by atoms with Crippen molar-refractivity contribution in [3.05, 3.63) is 28.8 Å². The van der Waals surface area contributed by atoms with Gasteiger partial charge in [-0.2, -0.15) is 0 Å². The van der Waals surface area contributed by atoms with Gasteiger partial charge in [0.05, 0.1) is 6.61 Å². The number of hydrogen-bond donors (Lipinski definition) is 2. The number of benzene rings is 1. The van der Waals surface area contributed by atoms with Crippen molar-refractivity contribution in [2.45, 2.75) is 19.9 Å². The van der Waals surface area contributed by atoms with E-state index >= 15 is 0 Å². The smallest absolute Gasteiger partial charge is 0.313 e. The average Bonchev–Trinajstić information content (AvgIpc) is 2.35. The van der Waals surface area contributed by atoms with Gasteiger partial charge in [0.15, 0.2) is 0 Å². The summed E-state index contributed by atoms with van der Waals surface area (Å²) in [4.78, 5) is 23.3. The second-order valence-corrected chi connectivity index (χ2v) is 4.60. The lowest BCUT2D eigenvalue weighted by Gasteiger charge is -2.13. The molecule has 6 heteroatoms. The molecule has 1 aromatic rings. The van der Waals surface area contributed by atoms with Gasteiger partial charge in [0.2, 0.25) is 0 Å². The van der Waals surface area contributed by atoms with Crippen LogP contribution in [0.25, 0.3) is 0 Å². The van der Waals surface area contributed by atoms with Crippen molar-refractivity contribution in [3.63, 3.8) is 0 Å². The Morgan fingerprint density at radius 1 is 1.37 bits per heavy atom. The maximum Gasteiger partial charge on any atom is 0.313 e. The van der Waals surface area contributed by atoms with Crippen LogP contribution in [0.4, 0.5) is 5.69 Å². The molecule has 2 amide bonds. The van der Waals surface area contributed by atoms with Gasteiger partial charge in [-0.15, -0.1) is 0 Å². The molecule has 0 radical (unpaired) electrons. The Kier molecular flexibility index (Phi) is 5.79. The van der Waals surface area contributed by atoms with Crippen LogP contribution in [0.3, 0.4) is 0 Å². The summed E-state index contributed by atoms with van der Waals surface area (Å²) < 4.78 is 4.87. The number of amides is 2. The molecule has 19 heavy (non-hydrogen) atoms. The van der Waals surface area contributed by atoms with E-state index in [0.717, 1.165) is 5.56 Å². The molecule has 1 atom stereocenters. The predicted molar refractivity (Wildman–Crippen MR) is 74.3 cm³/mol. The Hall–Kier alpha value is -1.59. The molecule has 2 N–H and O–H groups in total. The van der Waals surface area contributed by atoms with Crippen LogP contribution >= 0.6 is 11.6 Å². The summed E-state index contributed by atoms with van der Waals surface area (Å²) in [6.07, 6.45) is 0. The number of halogens is 1. The van der Waals surface area contributed by atoms with Crippen molar-refractivity contribution >= 4 is 29.1 Å². The zero-order valence-electron chi connectivity index (χ0n) is 11.1. The molecule has 1 aromatic carbocycles. The lowest BCUT2D eigenvalue weighted by molar-refractivity contribution is -0.136. The van der Waals surface area contributed by atoms with Crippen molar-refractivity contribution in [2.24, 2.45) is 0 Å².